The Kier molecular flexibility index (Phi) is 5.12. The standard InChI is InChI=1S/C19H21N5O3/c1-22-16(10-17(25)23(2)19(22)27)24-8-4-6-14(12-24)18(26)21-15-7-3-5-13(9-15)11-20/h3,5,7,9-10,14H,4,6,8,12H2,1-2H3,(H,21,26)/t14-/m0/s1. The van der Waals surface area contributed by atoms with Crippen LogP contribution >= 0.6 is 0 Å². The molecule has 0 radical (unpaired) electrons. The third-order valence-corrected chi connectivity index (χ3v) is 4.88. The average Bonchev–Trinajstić information content (AvgIpc) is 2.69. The normalized spacial score (nSPS) is 16.6. The predicted molar refractivity (Wildman–Crippen MR) is 102 cm³/mol. The summed E-state index contributed by atoms with van der Waals surface area (Å²) in [5.41, 5.74) is 0.302. The first-order valence-corrected chi connectivity index (χ1v) is 8.73. The zero-order chi connectivity index (χ0) is 19.6. The van der Waals surface area contributed by atoms with Crippen molar-refractivity contribution in [1.29, 1.82) is 5.26 Å². The van der Waals surface area contributed by atoms with E-state index >= 15 is 0 Å². The Balaban J connectivity index is 1.78. The molecule has 1 atom stereocenters. The summed E-state index contributed by atoms with van der Waals surface area (Å²) >= 11 is 0. The lowest BCUT2D eigenvalue weighted by Crippen LogP contribution is -2.45. The molecular weight excluding hydrogens is 346 g/mol. The molecule has 1 aromatic carbocycles. The molecule has 140 valence electrons. The van der Waals surface area contributed by atoms with Crippen molar-refractivity contribution in [3.8, 4) is 6.07 Å². The Labute approximate surface area is 156 Å². The SMILES string of the molecule is Cn1c(N2CCC[C@H](C(=O)Nc3cccc(C#N)c3)C2)cc(=O)n(C)c1=O. The number of hydrogen-bond acceptors (Lipinski definition) is 5. The highest BCUT2D eigenvalue weighted by Gasteiger charge is 2.27. The number of anilines is 2. The number of nitriles is 1. The van der Waals surface area contributed by atoms with Crippen LogP contribution in [0.1, 0.15) is 18.4 Å². The summed E-state index contributed by atoms with van der Waals surface area (Å²) in [6.07, 6.45) is 1.50. The molecule has 1 aliphatic heterocycles. The smallest absolute Gasteiger partial charge is 0.332 e. The molecule has 1 amide bonds. The molecule has 1 N–H and O–H groups in total. The van der Waals surface area contributed by atoms with E-state index in [9.17, 15) is 14.4 Å². The van der Waals surface area contributed by atoms with Crippen molar-refractivity contribution in [2.45, 2.75) is 12.8 Å². The van der Waals surface area contributed by atoms with Gasteiger partial charge in [-0.3, -0.25) is 18.7 Å². The lowest BCUT2D eigenvalue weighted by molar-refractivity contribution is -0.120. The molecule has 2 heterocycles. The van der Waals surface area contributed by atoms with Gasteiger partial charge < -0.3 is 10.2 Å². The number of carbonyl (C=O) groups excluding carboxylic acids is 1. The van der Waals surface area contributed by atoms with Crippen LogP contribution in [0.25, 0.3) is 0 Å². The van der Waals surface area contributed by atoms with Crippen molar-refractivity contribution in [3.05, 3.63) is 56.7 Å². The zero-order valence-corrected chi connectivity index (χ0v) is 15.3. The fraction of sp³-hybridized carbons (Fsp3) is 0.368. The van der Waals surface area contributed by atoms with E-state index in [0.717, 1.165) is 17.4 Å². The second-order valence-corrected chi connectivity index (χ2v) is 6.71. The van der Waals surface area contributed by atoms with E-state index in [2.05, 4.69) is 5.32 Å². The summed E-state index contributed by atoms with van der Waals surface area (Å²) in [6, 6.07) is 10.2. The molecular formula is C19H21N5O3. The minimum absolute atomic E-state index is 0.136. The van der Waals surface area contributed by atoms with Crippen molar-refractivity contribution in [1.82, 2.24) is 9.13 Å². The highest BCUT2D eigenvalue weighted by atomic mass is 16.2. The number of hydrogen-bond donors (Lipinski definition) is 1. The molecule has 1 aromatic heterocycles. The van der Waals surface area contributed by atoms with Crippen LogP contribution in [0.5, 0.6) is 0 Å². The van der Waals surface area contributed by atoms with Crippen molar-refractivity contribution in [3.63, 3.8) is 0 Å². The molecule has 0 bridgehead atoms. The van der Waals surface area contributed by atoms with Gasteiger partial charge in [-0.2, -0.15) is 5.26 Å². The maximum absolute atomic E-state index is 12.7. The van der Waals surface area contributed by atoms with Crippen LogP contribution in [0.4, 0.5) is 11.5 Å². The molecule has 0 saturated carbocycles. The Hall–Kier alpha value is -3.34. The highest BCUT2D eigenvalue weighted by Crippen LogP contribution is 2.23. The van der Waals surface area contributed by atoms with Gasteiger partial charge in [0.25, 0.3) is 5.56 Å². The Bertz CT molecular complexity index is 1030. The molecule has 1 aliphatic rings. The van der Waals surface area contributed by atoms with E-state index < -0.39 is 5.69 Å². The second kappa shape index (κ2) is 7.50. The van der Waals surface area contributed by atoms with E-state index in [0.29, 0.717) is 30.2 Å². The minimum Gasteiger partial charge on any atom is -0.357 e. The van der Waals surface area contributed by atoms with Gasteiger partial charge in [0.2, 0.25) is 5.91 Å². The summed E-state index contributed by atoms with van der Waals surface area (Å²) in [5.74, 6) is 0.111. The quantitative estimate of drug-likeness (QED) is 0.865. The lowest BCUT2D eigenvalue weighted by Gasteiger charge is -2.34. The van der Waals surface area contributed by atoms with Gasteiger partial charge in [0, 0.05) is 38.9 Å². The van der Waals surface area contributed by atoms with Crippen molar-refractivity contribution >= 4 is 17.4 Å². The van der Waals surface area contributed by atoms with Crippen LogP contribution in [0, 0.1) is 17.2 Å². The first kappa shape index (κ1) is 18.5. The Morgan fingerprint density at radius 1 is 1.22 bits per heavy atom. The van der Waals surface area contributed by atoms with E-state index in [1.807, 2.05) is 11.0 Å². The van der Waals surface area contributed by atoms with Crippen LogP contribution < -0.4 is 21.5 Å². The van der Waals surface area contributed by atoms with E-state index in [1.54, 1.807) is 31.3 Å². The number of nitrogens with one attached hydrogen (secondary N) is 1. The van der Waals surface area contributed by atoms with Crippen LogP contribution in [0.3, 0.4) is 0 Å². The lowest BCUT2D eigenvalue weighted by atomic mass is 9.97. The van der Waals surface area contributed by atoms with E-state index in [-0.39, 0.29) is 17.4 Å². The van der Waals surface area contributed by atoms with Crippen LogP contribution in [-0.2, 0) is 18.9 Å². The number of piperidine rings is 1. The summed E-state index contributed by atoms with van der Waals surface area (Å²) in [7, 11) is 3.06. The maximum Gasteiger partial charge on any atom is 0.332 e. The summed E-state index contributed by atoms with van der Waals surface area (Å²) < 4.78 is 2.48. The number of benzene rings is 1. The number of nitrogens with zero attached hydrogens (tertiary/aromatic N) is 4. The fourth-order valence-electron chi connectivity index (χ4n) is 3.33. The Morgan fingerprint density at radius 3 is 2.74 bits per heavy atom. The molecule has 0 aliphatic carbocycles. The topological polar surface area (TPSA) is 100 Å². The largest absolute Gasteiger partial charge is 0.357 e. The molecule has 8 nitrogen and oxygen atoms in total. The maximum atomic E-state index is 12.7. The number of amides is 1. The monoisotopic (exact) mass is 367 g/mol. The van der Waals surface area contributed by atoms with Crippen molar-refractivity contribution < 1.29 is 4.79 Å². The van der Waals surface area contributed by atoms with E-state index in [1.165, 1.54) is 17.7 Å². The summed E-state index contributed by atoms with van der Waals surface area (Å²) in [6.45, 7) is 1.10. The number of rotatable bonds is 3. The second-order valence-electron chi connectivity index (χ2n) is 6.71. The van der Waals surface area contributed by atoms with Crippen molar-refractivity contribution in [2.75, 3.05) is 23.3 Å². The molecule has 0 unspecified atom stereocenters. The van der Waals surface area contributed by atoms with E-state index in [4.69, 9.17) is 5.26 Å². The van der Waals surface area contributed by atoms with Gasteiger partial charge in [-0.25, -0.2) is 4.79 Å². The first-order valence-electron chi connectivity index (χ1n) is 8.73. The highest BCUT2D eigenvalue weighted by molar-refractivity contribution is 5.93. The van der Waals surface area contributed by atoms with Crippen LogP contribution in [0.2, 0.25) is 0 Å². The van der Waals surface area contributed by atoms with Gasteiger partial charge in [-0.05, 0) is 31.0 Å². The molecule has 1 saturated heterocycles. The molecule has 0 spiro atoms. The molecule has 2 aromatic rings. The molecule has 8 heteroatoms. The van der Waals surface area contributed by atoms with Crippen molar-refractivity contribution in [2.24, 2.45) is 20.0 Å². The Morgan fingerprint density at radius 2 is 2.00 bits per heavy atom. The summed E-state index contributed by atoms with van der Waals surface area (Å²) in [5, 5.41) is 11.8. The van der Waals surface area contributed by atoms with Gasteiger partial charge in [-0.1, -0.05) is 6.07 Å². The van der Waals surface area contributed by atoms with Gasteiger partial charge >= 0.3 is 5.69 Å². The summed E-state index contributed by atoms with van der Waals surface area (Å²) in [4.78, 5) is 38.7. The average molecular weight is 367 g/mol. The van der Waals surface area contributed by atoms with Crippen LogP contribution in [0.15, 0.2) is 39.9 Å². The predicted octanol–water partition coefficient (Wildman–Crippen LogP) is 0.811. The van der Waals surface area contributed by atoms with Gasteiger partial charge in [0.15, 0.2) is 0 Å². The molecule has 3 rings (SSSR count). The molecule has 27 heavy (non-hydrogen) atoms. The third kappa shape index (κ3) is 3.77. The van der Waals surface area contributed by atoms with Gasteiger partial charge in [0.05, 0.1) is 17.6 Å². The zero-order valence-electron chi connectivity index (χ0n) is 15.3. The fourth-order valence-corrected chi connectivity index (χ4v) is 3.33. The third-order valence-electron chi connectivity index (χ3n) is 4.88. The number of aromatic nitrogens is 2. The minimum atomic E-state index is -0.391. The van der Waals surface area contributed by atoms with Crippen LogP contribution in [-0.4, -0.2) is 28.1 Å². The van der Waals surface area contributed by atoms with Gasteiger partial charge in [-0.15, -0.1) is 0 Å². The van der Waals surface area contributed by atoms with Gasteiger partial charge in [0.1, 0.15) is 5.82 Å². The first-order chi connectivity index (χ1) is 12.9. The molecule has 1 fully saturated rings. The number of carbonyl (C=O) groups is 1.